The molecule has 148 valence electrons. The molecule has 0 aliphatic heterocycles. The van der Waals surface area contributed by atoms with Crippen LogP contribution in [0.4, 0.5) is 10.1 Å². The molecule has 0 aromatic heterocycles. The molecule has 0 aliphatic rings. The molecular weight excluding hydrogens is 371 g/mol. The van der Waals surface area contributed by atoms with Crippen molar-refractivity contribution in [3.63, 3.8) is 0 Å². The van der Waals surface area contributed by atoms with Gasteiger partial charge in [0.05, 0.1) is 11.6 Å². The summed E-state index contributed by atoms with van der Waals surface area (Å²) in [5.74, 6) is -0.696. The summed E-state index contributed by atoms with van der Waals surface area (Å²) < 4.78 is 18.6. The van der Waals surface area contributed by atoms with Gasteiger partial charge in [0.1, 0.15) is 11.6 Å². The summed E-state index contributed by atoms with van der Waals surface area (Å²) in [4.78, 5) is 24.8. The molecule has 0 bridgehead atoms. The van der Waals surface area contributed by atoms with Crippen molar-refractivity contribution in [2.75, 3.05) is 11.9 Å². The summed E-state index contributed by atoms with van der Waals surface area (Å²) in [6.07, 6.45) is 0. The number of hydrogen-bond acceptors (Lipinski definition) is 3. The second-order valence-electron chi connectivity index (χ2n) is 6.45. The van der Waals surface area contributed by atoms with Crippen LogP contribution in [0.1, 0.15) is 28.9 Å². The molecule has 1 atom stereocenters. The van der Waals surface area contributed by atoms with Crippen LogP contribution in [0.2, 0.25) is 0 Å². The van der Waals surface area contributed by atoms with Crippen LogP contribution in [0.25, 0.3) is 0 Å². The van der Waals surface area contributed by atoms with Crippen molar-refractivity contribution in [1.82, 2.24) is 5.32 Å². The van der Waals surface area contributed by atoms with E-state index in [1.165, 1.54) is 12.1 Å². The fourth-order valence-electron chi connectivity index (χ4n) is 2.76. The van der Waals surface area contributed by atoms with Crippen molar-refractivity contribution >= 4 is 17.5 Å². The van der Waals surface area contributed by atoms with Crippen LogP contribution in [0.5, 0.6) is 5.75 Å². The average Bonchev–Trinajstić information content (AvgIpc) is 2.73. The molecule has 29 heavy (non-hydrogen) atoms. The van der Waals surface area contributed by atoms with Crippen LogP contribution in [-0.4, -0.2) is 18.4 Å². The monoisotopic (exact) mass is 392 g/mol. The van der Waals surface area contributed by atoms with E-state index in [0.29, 0.717) is 17.0 Å². The maximum atomic E-state index is 13.0. The molecule has 0 radical (unpaired) electrons. The Hall–Kier alpha value is -3.67. The van der Waals surface area contributed by atoms with Gasteiger partial charge < -0.3 is 15.4 Å². The van der Waals surface area contributed by atoms with Gasteiger partial charge in [-0.15, -0.1) is 0 Å². The minimum absolute atomic E-state index is 0.249. The highest BCUT2D eigenvalue weighted by Gasteiger charge is 2.15. The van der Waals surface area contributed by atoms with Crippen LogP contribution in [-0.2, 0) is 4.79 Å². The fraction of sp³-hybridized carbons (Fsp3) is 0.130. The van der Waals surface area contributed by atoms with E-state index < -0.39 is 0 Å². The molecule has 3 aromatic rings. The van der Waals surface area contributed by atoms with E-state index in [4.69, 9.17) is 4.74 Å². The van der Waals surface area contributed by atoms with E-state index in [9.17, 15) is 14.0 Å². The molecular formula is C23H21FN2O3. The molecule has 2 N–H and O–H groups in total. The largest absolute Gasteiger partial charge is 0.483 e. The lowest BCUT2D eigenvalue weighted by molar-refractivity contribution is -0.123. The van der Waals surface area contributed by atoms with E-state index in [2.05, 4.69) is 10.6 Å². The highest BCUT2D eigenvalue weighted by atomic mass is 19.1. The van der Waals surface area contributed by atoms with Crippen molar-refractivity contribution in [3.05, 3.63) is 95.8 Å². The molecule has 3 aromatic carbocycles. The number of amides is 2. The summed E-state index contributed by atoms with van der Waals surface area (Å²) in [5, 5.41) is 5.58. The van der Waals surface area contributed by atoms with Gasteiger partial charge in [-0.2, -0.15) is 0 Å². The predicted octanol–water partition coefficient (Wildman–Crippen LogP) is 4.33. The molecule has 0 saturated heterocycles. The first-order chi connectivity index (χ1) is 14.0. The summed E-state index contributed by atoms with van der Waals surface area (Å²) in [6.45, 7) is 1.55. The molecule has 5 nitrogen and oxygen atoms in total. The van der Waals surface area contributed by atoms with Gasteiger partial charge in [0, 0.05) is 5.69 Å². The zero-order valence-corrected chi connectivity index (χ0v) is 15.9. The Labute approximate surface area is 168 Å². The third kappa shape index (κ3) is 5.65. The van der Waals surface area contributed by atoms with Gasteiger partial charge in [-0.3, -0.25) is 9.59 Å². The number of nitrogens with one attached hydrogen (secondary N) is 2. The Kier molecular flexibility index (Phi) is 6.58. The smallest absolute Gasteiger partial charge is 0.259 e. The zero-order chi connectivity index (χ0) is 20.6. The number of rotatable bonds is 7. The quantitative estimate of drug-likeness (QED) is 0.629. The Morgan fingerprint density at radius 1 is 0.931 bits per heavy atom. The third-order valence-corrected chi connectivity index (χ3v) is 4.27. The van der Waals surface area contributed by atoms with Crippen molar-refractivity contribution in [1.29, 1.82) is 0 Å². The van der Waals surface area contributed by atoms with Gasteiger partial charge in [0.15, 0.2) is 6.61 Å². The fourth-order valence-corrected chi connectivity index (χ4v) is 2.76. The van der Waals surface area contributed by atoms with Crippen LogP contribution in [0.3, 0.4) is 0 Å². The van der Waals surface area contributed by atoms with Crippen LogP contribution in [0.15, 0.2) is 78.9 Å². The first-order valence-electron chi connectivity index (χ1n) is 9.16. The highest BCUT2D eigenvalue weighted by Crippen LogP contribution is 2.20. The second kappa shape index (κ2) is 9.50. The van der Waals surface area contributed by atoms with Gasteiger partial charge in [0.2, 0.25) is 0 Å². The van der Waals surface area contributed by atoms with Crippen LogP contribution in [0, 0.1) is 5.82 Å². The Balaban J connectivity index is 1.59. The molecule has 6 heteroatoms. The molecule has 0 unspecified atom stereocenters. The molecule has 3 rings (SSSR count). The first-order valence-corrected chi connectivity index (χ1v) is 9.16. The van der Waals surface area contributed by atoms with Gasteiger partial charge in [-0.25, -0.2) is 4.39 Å². The molecule has 0 heterocycles. The molecule has 0 fully saturated rings. The summed E-state index contributed by atoms with van der Waals surface area (Å²) in [6, 6.07) is 21.4. The van der Waals surface area contributed by atoms with Crippen LogP contribution < -0.4 is 15.4 Å². The standard InChI is InChI=1S/C23H21FN2O3/c1-16(17-11-13-18(24)14-12-17)25-22(27)15-29-21-10-6-5-9-20(21)23(28)26-19-7-3-2-4-8-19/h2-14,16H,15H2,1H3,(H,25,27)(H,26,28)/t16-/m1/s1. The zero-order valence-electron chi connectivity index (χ0n) is 15.9. The summed E-state index contributed by atoms with van der Waals surface area (Å²) in [7, 11) is 0. The number of carbonyl (C=O) groups is 2. The predicted molar refractivity (Wildman–Crippen MR) is 109 cm³/mol. The maximum Gasteiger partial charge on any atom is 0.259 e. The van der Waals surface area contributed by atoms with E-state index in [1.54, 1.807) is 55.5 Å². The van der Waals surface area contributed by atoms with E-state index >= 15 is 0 Å². The molecule has 0 saturated carbocycles. The molecule has 0 aliphatic carbocycles. The third-order valence-electron chi connectivity index (χ3n) is 4.27. The first kappa shape index (κ1) is 20.1. The number of benzene rings is 3. The summed E-state index contributed by atoms with van der Waals surface area (Å²) in [5.41, 5.74) is 1.77. The maximum absolute atomic E-state index is 13.0. The van der Waals surface area contributed by atoms with Crippen molar-refractivity contribution in [3.8, 4) is 5.75 Å². The number of halogens is 1. The summed E-state index contributed by atoms with van der Waals surface area (Å²) >= 11 is 0. The lowest BCUT2D eigenvalue weighted by atomic mass is 10.1. The highest BCUT2D eigenvalue weighted by molar-refractivity contribution is 6.06. The van der Waals surface area contributed by atoms with E-state index in [-0.39, 0.29) is 30.3 Å². The number of para-hydroxylation sites is 2. The van der Waals surface area contributed by atoms with Crippen molar-refractivity contribution < 1.29 is 18.7 Å². The van der Waals surface area contributed by atoms with Gasteiger partial charge in [-0.1, -0.05) is 42.5 Å². The topological polar surface area (TPSA) is 67.4 Å². The minimum Gasteiger partial charge on any atom is -0.483 e. The number of carbonyl (C=O) groups excluding carboxylic acids is 2. The normalized spacial score (nSPS) is 11.4. The average molecular weight is 392 g/mol. The Morgan fingerprint density at radius 3 is 2.31 bits per heavy atom. The van der Waals surface area contributed by atoms with E-state index in [0.717, 1.165) is 5.56 Å². The van der Waals surface area contributed by atoms with Gasteiger partial charge in [0.25, 0.3) is 11.8 Å². The van der Waals surface area contributed by atoms with E-state index in [1.807, 2.05) is 18.2 Å². The van der Waals surface area contributed by atoms with Crippen molar-refractivity contribution in [2.24, 2.45) is 0 Å². The molecule has 0 spiro atoms. The number of hydrogen-bond donors (Lipinski definition) is 2. The molecule has 2 amide bonds. The van der Waals surface area contributed by atoms with Crippen LogP contribution >= 0.6 is 0 Å². The van der Waals surface area contributed by atoms with Gasteiger partial charge >= 0.3 is 0 Å². The number of anilines is 1. The lowest BCUT2D eigenvalue weighted by Gasteiger charge is -2.16. The Morgan fingerprint density at radius 2 is 1.59 bits per heavy atom. The lowest BCUT2D eigenvalue weighted by Crippen LogP contribution is -2.31. The number of ether oxygens (including phenoxy) is 1. The minimum atomic E-state index is -0.347. The van der Waals surface area contributed by atoms with Gasteiger partial charge in [-0.05, 0) is 48.9 Å². The Bertz CT molecular complexity index is 975. The van der Waals surface area contributed by atoms with Crippen molar-refractivity contribution in [2.45, 2.75) is 13.0 Å². The SMILES string of the molecule is C[C@@H](NC(=O)COc1ccccc1C(=O)Nc1ccccc1)c1ccc(F)cc1. The second-order valence-corrected chi connectivity index (χ2v) is 6.45.